The Morgan fingerprint density at radius 3 is 2.17 bits per heavy atom. The van der Waals surface area contributed by atoms with Crippen LogP contribution in [0.1, 0.15) is 78.7 Å². The zero-order valence-corrected chi connectivity index (χ0v) is 18.5. The number of aliphatic carboxylic acids is 1. The van der Waals surface area contributed by atoms with E-state index in [0.717, 1.165) is 17.7 Å². The van der Waals surface area contributed by atoms with Crippen LogP contribution < -0.4 is 10.1 Å². The van der Waals surface area contributed by atoms with Gasteiger partial charge in [-0.1, -0.05) is 44.7 Å². The molecule has 0 saturated heterocycles. The molecule has 0 unspecified atom stereocenters. The van der Waals surface area contributed by atoms with E-state index in [9.17, 15) is 14.7 Å². The predicted molar refractivity (Wildman–Crippen MR) is 114 cm³/mol. The second kappa shape index (κ2) is 11.7. The minimum Gasteiger partial charge on any atom is -0.494 e. The van der Waals surface area contributed by atoms with Crippen molar-refractivity contribution in [2.45, 2.75) is 90.7 Å². The fourth-order valence-electron chi connectivity index (χ4n) is 2.79. The van der Waals surface area contributed by atoms with Gasteiger partial charge in [-0.2, -0.15) is 0 Å². The molecule has 0 spiro atoms. The van der Waals surface area contributed by atoms with Crippen LogP contribution in [0.25, 0.3) is 0 Å². The molecule has 0 heterocycles. The molecule has 6 heteroatoms. The van der Waals surface area contributed by atoms with Crippen LogP contribution in [-0.2, 0) is 16.0 Å². The summed E-state index contributed by atoms with van der Waals surface area (Å²) in [5.41, 5.74) is -1.11. The molecular weight excluding hydrogens is 370 g/mol. The number of carboxylic acids is 1. The molecule has 1 atom stereocenters. The maximum Gasteiger partial charge on any atom is 0.408 e. The van der Waals surface area contributed by atoms with Crippen LogP contribution in [0, 0.1) is 0 Å². The van der Waals surface area contributed by atoms with Crippen molar-refractivity contribution in [1.82, 2.24) is 5.32 Å². The second-order valence-electron chi connectivity index (χ2n) is 8.67. The third-order valence-corrected chi connectivity index (χ3v) is 4.60. The van der Waals surface area contributed by atoms with E-state index in [-0.39, 0.29) is 6.42 Å². The van der Waals surface area contributed by atoms with Crippen LogP contribution in [0.4, 0.5) is 4.79 Å². The van der Waals surface area contributed by atoms with Gasteiger partial charge in [-0.05, 0) is 64.7 Å². The van der Waals surface area contributed by atoms with Crippen LogP contribution in [0.5, 0.6) is 5.75 Å². The fraction of sp³-hybridized carbons (Fsp3) is 0.652. The Labute approximate surface area is 175 Å². The summed E-state index contributed by atoms with van der Waals surface area (Å²) in [6.07, 6.45) is 6.01. The van der Waals surface area contributed by atoms with Crippen LogP contribution >= 0.6 is 0 Å². The van der Waals surface area contributed by atoms with Crippen molar-refractivity contribution in [1.29, 1.82) is 0 Å². The largest absolute Gasteiger partial charge is 0.494 e. The standard InChI is InChI=1S/C23H37NO5/c1-6-7-8-9-10-17-28-19-13-11-18(12-14-19)15-16-23(5,20(25)26)24-21(27)29-22(2,3)4/h11-14H,6-10,15-17H2,1-5H3,(H,24,27)(H,25,26)/t23-/m1/s1. The van der Waals surface area contributed by atoms with E-state index in [1.165, 1.54) is 32.6 Å². The zero-order chi connectivity index (χ0) is 21.9. The van der Waals surface area contributed by atoms with E-state index in [2.05, 4.69) is 12.2 Å². The third kappa shape index (κ3) is 10.2. The Balaban J connectivity index is 2.52. The number of carbonyl (C=O) groups excluding carboxylic acids is 1. The molecule has 1 aromatic rings. The van der Waals surface area contributed by atoms with Crippen molar-refractivity contribution in [2.75, 3.05) is 6.61 Å². The zero-order valence-electron chi connectivity index (χ0n) is 18.5. The highest BCUT2D eigenvalue weighted by Crippen LogP contribution is 2.19. The monoisotopic (exact) mass is 407 g/mol. The lowest BCUT2D eigenvalue weighted by atomic mass is 9.93. The molecule has 0 bridgehead atoms. The van der Waals surface area contributed by atoms with E-state index in [4.69, 9.17) is 9.47 Å². The van der Waals surface area contributed by atoms with Gasteiger partial charge in [0.25, 0.3) is 0 Å². The number of benzene rings is 1. The van der Waals surface area contributed by atoms with Gasteiger partial charge in [-0.15, -0.1) is 0 Å². The van der Waals surface area contributed by atoms with Crippen molar-refractivity contribution in [3.8, 4) is 5.75 Å². The van der Waals surface area contributed by atoms with E-state index >= 15 is 0 Å². The van der Waals surface area contributed by atoms with Crippen LogP contribution in [0.3, 0.4) is 0 Å². The summed E-state index contributed by atoms with van der Waals surface area (Å²) in [5, 5.41) is 12.1. The second-order valence-corrected chi connectivity index (χ2v) is 8.67. The summed E-state index contributed by atoms with van der Waals surface area (Å²) in [4.78, 5) is 23.7. The first-order valence-corrected chi connectivity index (χ1v) is 10.5. The molecule has 0 aromatic heterocycles. The Kier molecular flexibility index (Phi) is 9.99. The number of aryl methyl sites for hydroxylation is 1. The lowest BCUT2D eigenvalue weighted by Gasteiger charge is -2.28. The average Bonchev–Trinajstić information content (AvgIpc) is 2.62. The maximum absolute atomic E-state index is 12.0. The Morgan fingerprint density at radius 1 is 1.00 bits per heavy atom. The Bertz CT molecular complexity index is 636. The number of alkyl carbamates (subject to hydrolysis) is 1. The molecule has 1 amide bonds. The summed E-state index contributed by atoms with van der Waals surface area (Å²) in [7, 11) is 0. The van der Waals surface area contributed by atoms with Crippen molar-refractivity contribution in [3.05, 3.63) is 29.8 Å². The number of ether oxygens (including phenoxy) is 2. The summed E-state index contributed by atoms with van der Waals surface area (Å²) < 4.78 is 10.9. The number of carbonyl (C=O) groups is 2. The van der Waals surface area contributed by atoms with Crippen LogP contribution in [-0.4, -0.2) is 34.9 Å². The molecule has 0 aliphatic carbocycles. The van der Waals surface area contributed by atoms with E-state index in [1.54, 1.807) is 20.8 Å². The van der Waals surface area contributed by atoms with Gasteiger partial charge < -0.3 is 19.9 Å². The number of hydrogen-bond donors (Lipinski definition) is 2. The number of amides is 1. The molecule has 164 valence electrons. The number of carboxylic acid groups (broad SMARTS) is 1. The van der Waals surface area contributed by atoms with Gasteiger partial charge in [0.2, 0.25) is 0 Å². The van der Waals surface area contributed by atoms with Crippen LogP contribution in [0.2, 0.25) is 0 Å². The van der Waals surface area contributed by atoms with E-state index < -0.39 is 23.2 Å². The number of hydrogen-bond acceptors (Lipinski definition) is 4. The van der Waals surface area contributed by atoms with Gasteiger partial charge in [-0.25, -0.2) is 9.59 Å². The average molecular weight is 408 g/mol. The first-order chi connectivity index (χ1) is 13.6. The Hall–Kier alpha value is -2.24. The van der Waals surface area contributed by atoms with Gasteiger partial charge in [0.1, 0.15) is 16.9 Å². The molecule has 29 heavy (non-hydrogen) atoms. The van der Waals surface area contributed by atoms with E-state index in [1.807, 2.05) is 24.3 Å². The van der Waals surface area contributed by atoms with Gasteiger partial charge in [-0.3, -0.25) is 0 Å². The minimum atomic E-state index is -1.41. The van der Waals surface area contributed by atoms with Gasteiger partial charge in [0, 0.05) is 0 Å². The summed E-state index contributed by atoms with van der Waals surface area (Å²) in [6, 6.07) is 7.67. The van der Waals surface area contributed by atoms with Crippen molar-refractivity contribution >= 4 is 12.1 Å². The smallest absolute Gasteiger partial charge is 0.408 e. The predicted octanol–water partition coefficient (Wildman–Crippen LogP) is 5.34. The molecule has 0 saturated carbocycles. The summed E-state index contributed by atoms with van der Waals surface area (Å²) >= 11 is 0. The summed E-state index contributed by atoms with van der Waals surface area (Å²) in [6.45, 7) is 9.61. The van der Waals surface area contributed by atoms with Crippen LogP contribution in [0.15, 0.2) is 24.3 Å². The first kappa shape index (κ1) is 24.8. The normalized spacial score (nSPS) is 13.4. The Morgan fingerprint density at radius 2 is 1.62 bits per heavy atom. The maximum atomic E-state index is 12.0. The van der Waals surface area contributed by atoms with Crippen molar-refractivity contribution < 1.29 is 24.2 Å². The molecule has 0 aliphatic heterocycles. The quantitative estimate of drug-likeness (QED) is 0.457. The molecule has 1 rings (SSSR count). The SMILES string of the molecule is CCCCCCCOc1ccc(CC[C@@](C)(NC(=O)OC(C)(C)C)C(=O)O)cc1. The molecular formula is C23H37NO5. The van der Waals surface area contributed by atoms with Gasteiger partial charge in [0.15, 0.2) is 0 Å². The molecule has 0 fully saturated rings. The molecule has 0 radical (unpaired) electrons. The third-order valence-electron chi connectivity index (χ3n) is 4.60. The topological polar surface area (TPSA) is 84.9 Å². The number of nitrogens with one attached hydrogen (secondary N) is 1. The van der Waals surface area contributed by atoms with Gasteiger partial charge in [0.05, 0.1) is 6.61 Å². The lowest BCUT2D eigenvalue weighted by molar-refractivity contribution is -0.144. The highest BCUT2D eigenvalue weighted by molar-refractivity contribution is 5.84. The number of rotatable bonds is 12. The van der Waals surface area contributed by atoms with Crippen molar-refractivity contribution in [3.63, 3.8) is 0 Å². The molecule has 6 nitrogen and oxygen atoms in total. The summed E-state index contributed by atoms with van der Waals surface area (Å²) in [5.74, 6) is -0.275. The van der Waals surface area contributed by atoms with Gasteiger partial charge >= 0.3 is 12.1 Å². The minimum absolute atomic E-state index is 0.249. The number of unbranched alkanes of at least 4 members (excludes halogenated alkanes) is 4. The highest BCUT2D eigenvalue weighted by Gasteiger charge is 2.36. The van der Waals surface area contributed by atoms with E-state index in [0.29, 0.717) is 13.0 Å². The first-order valence-electron chi connectivity index (χ1n) is 10.5. The molecule has 0 aliphatic rings. The van der Waals surface area contributed by atoms with Crippen molar-refractivity contribution in [2.24, 2.45) is 0 Å². The highest BCUT2D eigenvalue weighted by atomic mass is 16.6. The lowest BCUT2D eigenvalue weighted by Crippen LogP contribution is -2.53. The molecule has 1 aromatic carbocycles. The molecule has 2 N–H and O–H groups in total. The fourth-order valence-corrected chi connectivity index (χ4v) is 2.79.